The first-order valence-corrected chi connectivity index (χ1v) is 16.6. The molecule has 6 nitrogen and oxygen atoms in total. The molecule has 47 heavy (non-hydrogen) atoms. The number of carbonyl (C=O) groups is 1. The number of nitrogens with zero attached hydrogens (tertiary/aromatic N) is 3. The molecule has 0 spiro atoms. The highest BCUT2D eigenvalue weighted by Gasteiger charge is 2.29. The van der Waals surface area contributed by atoms with Crippen molar-refractivity contribution in [3.63, 3.8) is 0 Å². The lowest BCUT2D eigenvalue weighted by molar-refractivity contribution is -0.926. The van der Waals surface area contributed by atoms with Gasteiger partial charge in [-0.3, -0.25) is 14.6 Å². The zero-order chi connectivity index (χ0) is 31.9. The molecule has 0 unspecified atom stereocenters. The highest BCUT2D eigenvalue weighted by Crippen LogP contribution is 2.26. The molecule has 1 atom stereocenters. The van der Waals surface area contributed by atoms with E-state index in [1.165, 1.54) is 17.2 Å². The van der Waals surface area contributed by atoms with Crippen molar-refractivity contribution in [2.75, 3.05) is 52.9 Å². The van der Waals surface area contributed by atoms with Gasteiger partial charge in [-0.15, -0.1) is 0 Å². The molecular weight excluding hydrogens is 700 g/mol. The van der Waals surface area contributed by atoms with E-state index in [1.807, 2.05) is 36.4 Å². The predicted octanol–water partition coefficient (Wildman–Crippen LogP) is 2.68. The zero-order valence-corrected chi connectivity index (χ0v) is 29.8. The Kier molecular flexibility index (Phi) is 12.2. The van der Waals surface area contributed by atoms with Gasteiger partial charge in [-0.05, 0) is 59.5 Å². The number of benzene rings is 4. The van der Waals surface area contributed by atoms with Crippen molar-refractivity contribution in [1.82, 2.24) is 20.4 Å². The van der Waals surface area contributed by atoms with Gasteiger partial charge in [0.25, 0.3) is 5.91 Å². The third-order valence-electron chi connectivity index (χ3n) is 9.50. The average Bonchev–Trinajstić information content (AvgIpc) is 3.06. The van der Waals surface area contributed by atoms with Crippen LogP contribution in [0.4, 0.5) is 4.39 Å². The smallest absolute Gasteiger partial charge is 0.251 e. The normalized spacial score (nSPS) is 18.3. The van der Waals surface area contributed by atoms with E-state index in [9.17, 15) is 4.79 Å². The van der Waals surface area contributed by atoms with Crippen molar-refractivity contribution >= 4 is 5.91 Å². The molecule has 2 aliphatic rings. The first-order valence-electron chi connectivity index (χ1n) is 16.6. The minimum Gasteiger partial charge on any atom is -1.00 e. The fourth-order valence-corrected chi connectivity index (χ4v) is 6.84. The van der Waals surface area contributed by atoms with E-state index >= 15 is 4.39 Å². The van der Waals surface area contributed by atoms with Crippen LogP contribution < -0.4 is 34.6 Å². The lowest BCUT2D eigenvalue weighted by Gasteiger charge is -2.42. The van der Waals surface area contributed by atoms with Gasteiger partial charge in [-0.25, -0.2) is 4.39 Å². The molecule has 2 N–H and O–H groups in total. The summed E-state index contributed by atoms with van der Waals surface area (Å²) in [5, 5.41) is 6.54. The summed E-state index contributed by atoms with van der Waals surface area (Å²) in [6, 6.07) is 32.4. The van der Waals surface area contributed by atoms with Crippen LogP contribution in [0, 0.1) is 5.82 Å². The van der Waals surface area contributed by atoms with E-state index in [-0.39, 0.29) is 35.7 Å². The highest BCUT2D eigenvalue weighted by atomic mass is 127. The summed E-state index contributed by atoms with van der Waals surface area (Å²) in [4.78, 5) is 18.1. The Labute approximate surface area is 296 Å². The van der Waals surface area contributed by atoms with Crippen LogP contribution in [0.5, 0.6) is 0 Å². The van der Waals surface area contributed by atoms with E-state index in [0.717, 1.165) is 86.6 Å². The Bertz CT molecular complexity index is 1620. The number of likely N-dealkylation sites (N-methyl/N-ethyl adjacent to an activating group) is 1. The first-order chi connectivity index (χ1) is 22.3. The third-order valence-corrected chi connectivity index (χ3v) is 9.50. The standard InChI is InChI=1S/C39H46FN5O.HI/c1-30-26-44(17-16-41-30)28-33-10-6-12-35(22-33)37-24-32(14-15-38(37)40)25-42-39(46)36-13-7-11-34(23-36)27-43-18-20-45(2,21-19-43)29-31-8-4-3-5-9-31;/h3-15,22-24,30,41H,16-21,25-29H2,1-2H3;1H/t30-;/m0./s1. The number of hydrogen-bond acceptors (Lipinski definition) is 4. The summed E-state index contributed by atoms with van der Waals surface area (Å²) in [5.41, 5.74) is 6.64. The molecule has 2 fully saturated rings. The molecule has 4 aromatic carbocycles. The van der Waals surface area contributed by atoms with Crippen LogP contribution in [0.25, 0.3) is 11.1 Å². The van der Waals surface area contributed by atoms with Crippen LogP contribution in [0.15, 0.2) is 97.1 Å². The fourth-order valence-electron chi connectivity index (χ4n) is 6.84. The molecule has 0 aliphatic carbocycles. The van der Waals surface area contributed by atoms with Gasteiger partial charge >= 0.3 is 0 Å². The average molecular weight is 748 g/mol. The molecule has 0 saturated carbocycles. The quantitative estimate of drug-likeness (QED) is 0.194. The Morgan fingerprint density at radius 2 is 1.53 bits per heavy atom. The van der Waals surface area contributed by atoms with Gasteiger partial charge in [0.1, 0.15) is 12.4 Å². The van der Waals surface area contributed by atoms with E-state index in [1.54, 1.807) is 6.07 Å². The van der Waals surface area contributed by atoms with Gasteiger partial charge in [0.2, 0.25) is 0 Å². The number of rotatable bonds is 10. The van der Waals surface area contributed by atoms with Crippen LogP contribution in [0.3, 0.4) is 0 Å². The van der Waals surface area contributed by atoms with Gasteiger partial charge in [0.15, 0.2) is 0 Å². The van der Waals surface area contributed by atoms with Gasteiger partial charge in [0, 0.05) is 75.1 Å². The zero-order valence-electron chi connectivity index (χ0n) is 27.6. The van der Waals surface area contributed by atoms with Crippen molar-refractivity contribution in [2.24, 2.45) is 0 Å². The fraction of sp³-hybridized carbons (Fsp3) is 0.359. The van der Waals surface area contributed by atoms with E-state index < -0.39 is 0 Å². The molecule has 8 heteroatoms. The summed E-state index contributed by atoms with van der Waals surface area (Å²) in [5.74, 6) is -0.377. The monoisotopic (exact) mass is 747 g/mol. The van der Waals surface area contributed by atoms with E-state index in [0.29, 0.717) is 23.7 Å². The maximum atomic E-state index is 15.0. The Morgan fingerprint density at radius 3 is 2.30 bits per heavy atom. The summed E-state index contributed by atoms with van der Waals surface area (Å²) in [7, 11) is 2.35. The maximum Gasteiger partial charge on any atom is 0.251 e. The van der Waals surface area contributed by atoms with Crippen molar-refractivity contribution in [2.45, 2.75) is 39.1 Å². The molecule has 0 radical (unpaired) electrons. The van der Waals surface area contributed by atoms with E-state index in [2.05, 4.69) is 82.9 Å². The van der Waals surface area contributed by atoms with Crippen molar-refractivity contribution < 1.29 is 37.6 Å². The van der Waals surface area contributed by atoms with Crippen molar-refractivity contribution in [1.29, 1.82) is 0 Å². The molecule has 0 aromatic heterocycles. The summed E-state index contributed by atoms with van der Waals surface area (Å²) >= 11 is 0. The van der Waals surface area contributed by atoms with Crippen LogP contribution in [0.2, 0.25) is 0 Å². The topological polar surface area (TPSA) is 47.6 Å². The summed E-state index contributed by atoms with van der Waals surface area (Å²) in [6.07, 6.45) is 0. The van der Waals surface area contributed by atoms with Crippen molar-refractivity contribution in [3.8, 4) is 11.1 Å². The Morgan fingerprint density at radius 1 is 0.830 bits per heavy atom. The summed E-state index contributed by atoms with van der Waals surface area (Å²) < 4.78 is 16.1. The Hall–Kier alpha value is -3.15. The maximum absolute atomic E-state index is 15.0. The minimum absolute atomic E-state index is 0. The highest BCUT2D eigenvalue weighted by molar-refractivity contribution is 5.94. The number of nitrogens with one attached hydrogen (secondary N) is 2. The van der Waals surface area contributed by atoms with Gasteiger partial charge in [-0.2, -0.15) is 0 Å². The summed E-state index contributed by atoms with van der Waals surface area (Å²) in [6.45, 7) is 12.5. The molecule has 2 heterocycles. The molecule has 6 rings (SSSR count). The number of halogens is 2. The van der Waals surface area contributed by atoms with Gasteiger partial charge < -0.3 is 39.1 Å². The second-order valence-corrected chi connectivity index (χ2v) is 13.5. The minimum atomic E-state index is -0.257. The predicted molar refractivity (Wildman–Crippen MR) is 184 cm³/mol. The molecule has 0 bridgehead atoms. The second kappa shape index (κ2) is 16.3. The van der Waals surface area contributed by atoms with E-state index in [4.69, 9.17) is 0 Å². The molecule has 2 saturated heterocycles. The largest absolute Gasteiger partial charge is 1.00 e. The van der Waals surface area contributed by atoms with Crippen LogP contribution in [-0.2, 0) is 26.2 Å². The van der Waals surface area contributed by atoms with Crippen LogP contribution >= 0.6 is 0 Å². The Balaban J connectivity index is 0.00000433. The molecule has 248 valence electrons. The second-order valence-electron chi connectivity index (χ2n) is 13.5. The lowest BCUT2D eigenvalue weighted by Crippen LogP contribution is -3.00. The van der Waals surface area contributed by atoms with Crippen molar-refractivity contribution in [3.05, 3.63) is 131 Å². The van der Waals surface area contributed by atoms with Gasteiger partial charge in [0.05, 0.1) is 20.1 Å². The molecular formula is C39H47FIN5O. The number of quaternary nitrogens is 1. The van der Waals surface area contributed by atoms with Crippen LogP contribution in [-0.4, -0.2) is 79.1 Å². The van der Waals surface area contributed by atoms with Crippen LogP contribution in [0.1, 0.15) is 39.5 Å². The number of amides is 1. The molecule has 2 aliphatic heterocycles. The number of piperazine rings is 2. The number of carbonyl (C=O) groups excluding carboxylic acids is 1. The number of hydrogen-bond donors (Lipinski definition) is 2. The molecule has 1 amide bonds. The molecule has 4 aromatic rings. The third kappa shape index (κ3) is 9.70. The lowest BCUT2D eigenvalue weighted by atomic mass is 10.00. The SMILES string of the molecule is C[C@H]1CN(Cc2cccc(-c3cc(CNC(=O)c4cccc(CN5CC[N+](C)(Cc6ccccc6)CC5)c4)ccc3F)c2)CCN1.[I-]. The van der Waals surface area contributed by atoms with Gasteiger partial charge in [-0.1, -0.05) is 66.7 Å². The first kappa shape index (κ1) is 35.2.